The number of rotatable bonds is 6. The smallest absolute Gasteiger partial charge is 0.142 e. The van der Waals surface area contributed by atoms with Crippen LogP contribution < -0.4 is 5.32 Å². The first-order valence-electron chi connectivity index (χ1n) is 11.3. The van der Waals surface area contributed by atoms with Crippen LogP contribution in [0.5, 0.6) is 0 Å². The van der Waals surface area contributed by atoms with Gasteiger partial charge >= 0.3 is 0 Å². The summed E-state index contributed by atoms with van der Waals surface area (Å²) in [7, 11) is 0. The quantitative estimate of drug-likeness (QED) is 0.441. The van der Waals surface area contributed by atoms with Gasteiger partial charge in [0.2, 0.25) is 0 Å². The number of thiophene rings is 1. The number of anilines is 2. The second kappa shape index (κ2) is 8.48. The van der Waals surface area contributed by atoms with E-state index >= 15 is 0 Å². The van der Waals surface area contributed by atoms with Crippen LogP contribution in [-0.4, -0.2) is 26.9 Å². The summed E-state index contributed by atoms with van der Waals surface area (Å²) in [5.74, 6) is 1.28. The third-order valence-corrected chi connectivity index (χ3v) is 7.75. The van der Waals surface area contributed by atoms with Gasteiger partial charge < -0.3 is 5.32 Å². The molecule has 6 nitrogen and oxygen atoms in total. The predicted octanol–water partition coefficient (Wildman–Crippen LogP) is 5.07. The minimum atomic E-state index is 0.0857. The highest BCUT2D eigenvalue weighted by Crippen LogP contribution is 2.41. The Hall–Kier alpha value is -3.45. The van der Waals surface area contributed by atoms with E-state index < -0.39 is 0 Å². The number of pyridine rings is 1. The van der Waals surface area contributed by atoms with Crippen molar-refractivity contribution in [1.82, 2.24) is 15.0 Å². The van der Waals surface area contributed by atoms with Gasteiger partial charge in [0.15, 0.2) is 0 Å². The van der Waals surface area contributed by atoms with Crippen LogP contribution in [0.25, 0.3) is 10.2 Å². The topological polar surface area (TPSA) is 80.1 Å². The van der Waals surface area contributed by atoms with E-state index in [1.165, 1.54) is 16.0 Å². The lowest BCUT2D eigenvalue weighted by Crippen LogP contribution is -2.22. The molecule has 0 saturated heterocycles. The molecule has 1 N–H and O–H groups in total. The molecule has 6 rings (SSSR count). The van der Waals surface area contributed by atoms with Gasteiger partial charge in [-0.15, -0.1) is 11.3 Å². The minimum absolute atomic E-state index is 0.0857. The fraction of sp³-hybridized carbons (Fsp3) is 0.269. The standard InChI is InChI=1S/C26H23N5OS/c32-22(8-3-16-2-1-9-27-12-16)17-5-7-21-23(11-17)33-26-24(21)25(29-15-30-26)31-20-6-4-18-13-28-14-19(18)10-20/h1-2,4,6,9-10,12,14-15,17H,3,5,7-8,11,13H2,(H,29,30,31). The van der Waals surface area contributed by atoms with E-state index in [1.54, 1.807) is 23.9 Å². The molecule has 33 heavy (non-hydrogen) atoms. The Kier molecular flexibility index (Phi) is 5.19. The molecule has 0 bridgehead atoms. The van der Waals surface area contributed by atoms with E-state index in [9.17, 15) is 4.79 Å². The van der Waals surface area contributed by atoms with Crippen LogP contribution in [0.1, 0.15) is 40.0 Å². The van der Waals surface area contributed by atoms with Gasteiger partial charge in [-0.25, -0.2) is 9.97 Å². The average Bonchev–Trinajstić information content (AvgIpc) is 3.47. The number of ketones is 1. The number of carbonyl (C=O) groups excluding carboxylic acids is 1. The largest absolute Gasteiger partial charge is 0.340 e. The number of aromatic nitrogens is 3. The van der Waals surface area contributed by atoms with Crippen molar-refractivity contribution in [3.05, 3.63) is 76.2 Å². The van der Waals surface area contributed by atoms with Crippen LogP contribution in [0.4, 0.5) is 11.5 Å². The van der Waals surface area contributed by atoms with E-state index in [0.717, 1.165) is 65.1 Å². The molecule has 1 atom stereocenters. The van der Waals surface area contributed by atoms with Crippen molar-refractivity contribution in [3.8, 4) is 0 Å². The Labute approximate surface area is 195 Å². The Bertz CT molecular complexity index is 1380. The lowest BCUT2D eigenvalue weighted by Gasteiger charge is -2.21. The van der Waals surface area contributed by atoms with E-state index in [0.29, 0.717) is 12.2 Å². The second-order valence-electron chi connectivity index (χ2n) is 8.68. The van der Waals surface area contributed by atoms with Crippen molar-refractivity contribution in [1.29, 1.82) is 0 Å². The highest BCUT2D eigenvalue weighted by molar-refractivity contribution is 7.19. The van der Waals surface area contributed by atoms with Gasteiger partial charge in [-0.2, -0.15) is 0 Å². The van der Waals surface area contributed by atoms with Gasteiger partial charge in [0.25, 0.3) is 0 Å². The number of nitrogens with zero attached hydrogens (tertiary/aromatic N) is 4. The summed E-state index contributed by atoms with van der Waals surface area (Å²) in [6, 6.07) is 10.3. The average molecular weight is 454 g/mol. The van der Waals surface area contributed by atoms with Gasteiger partial charge in [-0.05, 0) is 66.1 Å². The lowest BCUT2D eigenvalue weighted by atomic mass is 9.83. The van der Waals surface area contributed by atoms with Crippen molar-refractivity contribution in [2.24, 2.45) is 10.9 Å². The molecule has 4 aromatic rings. The van der Waals surface area contributed by atoms with Gasteiger partial charge in [0, 0.05) is 41.5 Å². The Morgan fingerprint density at radius 1 is 1.21 bits per heavy atom. The van der Waals surface area contributed by atoms with E-state index in [4.69, 9.17) is 0 Å². The summed E-state index contributed by atoms with van der Waals surface area (Å²) in [6.07, 6.45) is 11.1. The molecule has 164 valence electrons. The maximum Gasteiger partial charge on any atom is 0.142 e. The van der Waals surface area contributed by atoms with Crippen LogP contribution in [0, 0.1) is 5.92 Å². The fourth-order valence-electron chi connectivity index (χ4n) is 4.81. The van der Waals surface area contributed by atoms with Crippen molar-refractivity contribution in [3.63, 3.8) is 0 Å². The Balaban J connectivity index is 1.22. The van der Waals surface area contributed by atoms with Crippen LogP contribution >= 0.6 is 11.3 Å². The number of aliphatic imine (C=N–C) groups is 1. The van der Waals surface area contributed by atoms with Crippen LogP contribution in [0.3, 0.4) is 0 Å². The van der Waals surface area contributed by atoms with E-state index in [-0.39, 0.29) is 5.92 Å². The molecule has 3 aromatic heterocycles. The number of hydrogen-bond donors (Lipinski definition) is 1. The van der Waals surface area contributed by atoms with Crippen LogP contribution in [-0.2, 0) is 30.6 Å². The molecule has 1 unspecified atom stereocenters. The summed E-state index contributed by atoms with van der Waals surface area (Å²) in [5.41, 5.74) is 5.83. The maximum atomic E-state index is 12.9. The van der Waals surface area contributed by atoms with E-state index in [1.807, 2.05) is 24.5 Å². The zero-order chi connectivity index (χ0) is 22.2. The molecule has 1 aromatic carbocycles. The highest BCUT2D eigenvalue weighted by atomic mass is 32.1. The second-order valence-corrected chi connectivity index (χ2v) is 9.77. The predicted molar refractivity (Wildman–Crippen MR) is 132 cm³/mol. The minimum Gasteiger partial charge on any atom is -0.340 e. The first-order chi connectivity index (χ1) is 16.2. The molecule has 2 aliphatic rings. The number of benzene rings is 1. The zero-order valence-electron chi connectivity index (χ0n) is 18.1. The van der Waals surface area contributed by atoms with Crippen molar-refractivity contribution in [2.45, 2.75) is 38.6 Å². The Morgan fingerprint density at radius 2 is 2.18 bits per heavy atom. The third-order valence-electron chi connectivity index (χ3n) is 6.58. The first-order valence-corrected chi connectivity index (χ1v) is 12.1. The molecule has 0 saturated carbocycles. The summed E-state index contributed by atoms with van der Waals surface area (Å²) in [6.45, 7) is 0.757. The van der Waals surface area contributed by atoms with E-state index in [2.05, 4.69) is 43.5 Å². The fourth-order valence-corrected chi connectivity index (χ4v) is 6.08. The van der Waals surface area contributed by atoms with Crippen molar-refractivity contribution < 1.29 is 4.79 Å². The lowest BCUT2D eigenvalue weighted by molar-refractivity contribution is -0.123. The molecule has 0 radical (unpaired) electrons. The molecular formula is C26H23N5OS. The van der Waals surface area contributed by atoms with Crippen LogP contribution in [0.2, 0.25) is 0 Å². The summed E-state index contributed by atoms with van der Waals surface area (Å²) < 4.78 is 0. The number of fused-ring (bicyclic) bond motifs is 4. The van der Waals surface area contributed by atoms with Gasteiger partial charge in [0.05, 0.1) is 11.9 Å². The number of Topliss-reactive ketones (excluding diaryl/α,β-unsaturated/α-hetero) is 1. The normalized spacial score (nSPS) is 16.5. The van der Waals surface area contributed by atoms with Crippen molar-refractivity contribution in [2.75, 3.05) is 5.32 Å². The number of carbonyl (C=O) groups is 1. The van der Waals surface area contributed by atoms with Crippen LogP contribution in [0.15, 0.2) is 54.0 Å². The molecule has 0 spiro atoms. The molecule has 4 heterocycles. The molecular weight excluding hydrogens is 430 g/mol. The summed E-state index contributed by atoms with van der Waals surface area (Å²) in [5, 5.41) is 4.61. The molecule has 7 heteroatoms. The number of hydrogen-bond acceptors (Lipinski definition) is 7. The molecule has 0 fully saturated rings. The van der Waals surface area contributed by atoms with Crippen molar-refractivity contribution >= 4 is 45.1 Å². The summed E-state index contributed by atoms with van der Waals surface area (Å²) >= 11 is 1.71. The van der Waals surface area contributed by atoms with Gasteiger partial charge in [-0.3, -0.25) is 14.8 Å². The monoisotopic (exact) mass is 453 g/mol. The number of aryl methyl sites for hydroxylation is 2. The molecule has 1 aliphatic carbocycles. The maximum absolute atomic E-state index is 12.9. The van der Waals surface area contributed by atoms with Gasteiger partial charge in [0.1, 0.15) is 22.8 Å². The molecule has 1 aliphatic heterocycles. The molecule has 0 amide bonds. The first kappa shape index (κ1) is 20.2. The van der Waals surface area contributed by atoms with Gasteiger partial charge in [-0.1, -0.05) is 12.1 Å². The SMILES string of the molecule is O=C(CCc1cccnc1)C1CCc2c(sc3ncnc(Nc4ccc5c(c4)C=NC5)c23)C1. The third kappa shape index (κ3) is 3.93. The Morgan fingerprint density at radius 3 is 3.09 bits per heavy atom. The highest BCUT2D eigenvalue weighted by Gasteiger charge is 2.28. The number of nitrogens with one attached hydrogen (secondary N) is 1. The summed E-state index contributed by atoms with van der Waals surface area (Å²) in [4.78, 5) is 32.8. The zero-order valence-corrected chi connectivity index (χ0v) is 18.9.